The number of amides is 2. The Bertz CT molecular complexity index is 790. The summed E-state index contributed by atoms with van der Waals surface area (Å²) in [7, 11) is 0. The van der Waals surface area contributed by atoms with Crippen LogP contribution in [0.25, 0.3) is 0 Å². The summed E-state index contributed by atoms with van der Waals surface area (Å²) in [6, 6.07) is 13.0. The molecule has 0 atom stereocenters. The number of nitrogens with zero attached hydrogens (tertiary/aromatic N) is 1. The van der Waals surface area contributed by atoms with Crippen LogP contribution in [0.15, 0.2) is 42.5 Å². The number of hydrogen-bond acceptors (Lipinski definition) is 3. The van der Waals surface area contributed by atoms with E-state index in [2.05, 4.69) is 5.32 Å². The van der Waals surface area contributed by atoms with Gasteiger partial charge in [0.15, 0.2) is 6.61 Å². The minimum Gasteiger partial charge on any atom is -0.484 e. The quantitative estimate of drug-likeness (QED) is 0.895. The first-order valence-corrected chi connectivity index (χ1v) is 8.92. The fraction of sp³-hybridized carbons (Fsp3) is 0.333. The summed E-state index contributed by atoms with van der Waals surface area (Å²) in [6.45, 7) is 5.42. The highest BCUT2D eigenvalue weighted by molar-refractivity contribution is 6.04. The van der Waals surface area contributed by atoms with E-state index in [1.807, 2.05) is 43.0 Å². The van der Waals surface area contributed by atoms with Crippen molar-refractivity contribution < 1.29 is 14.3 Å². The van der Waals surface area contributed by atoms with Gasteiger partial charge >= 0.3 is 0 Å². The van der Waals surface area contributed by atoms with Crippen molar-refractivity contribution >= 4 is 17.5 Å². The Balaban J connectivity index is 1.64. The summed E-state index contributed by atoms with van der Waals surface area (Å²) in [6.07, 6.45) is 2.06. The third-order valence-electron chi connectivity index (χ3n) is 4.39. The van der Waals surface area contributed by atoms with Crippen LogP contribution in [0, 0.1) is 13.8 Å². The van der Waals surface area contributed by atoms with Gasteiger partial charge in [0.1, 0.15) is 5.75 Å². The maximum atomic E-state index is 12.6. The molecule has 26 heavy (non-hydrogen) atoms. The Labute approximate surface area is 154 Å². The van der Waals surface area contributed by atoms with Crippen LogP contribution in [0.2, 0.25) is 0 Å². The summed E-state index contributed by atoms with van der Waals surface area (Å²) in [5.41, 5.74) is 3.22. The summed E-state index contributed by atoms with van der Waals surface area (Å²) in [5.74, 6) is 0.346. The van der Waals surface area contributed by atoms with E-state index in [-0.39, 0.29) is 18.4 Å². The van der Waals surface area contributed by atoms with Crippen molar-refractivity contribution in [1.82, 2.24) is 4.90 Å². The lowest BCUT2D eigenvalue weighted by Gasteiger charge is -2.18. The van der Waals surface area contributed by atoms with Gasteiger partial charge in [0, 0.05) is 13.1 Å². The number of carbonyl (C=O) groups is 2. The molecule has 136 valence electrons. The number of aryl methyl sites for hydroxylation is 2. The molecular formula is C21H24N2O3. The molecular weight excluding hydrogens is 328 g/mol. The zero-order valence-corrected chi connectivity index (χ0v) is 15.2. The van der Waals surface area contributed by atoms with Crippen LogP contribution in [-0.4, -0.2) is 36.4 Å². The van der Waals surface area contributed by atoms with Crippen LogP contribution in [0.1, 0.15) is 34.3 Å². The number of rotatable bonds is 5. The van der Waals surface area contributed by atoms with E-state index >= 15 is 0 Å². The van der Waals surface area contributed by atoms with Crippen molar-refractivity contribution in [2.45, 2.75) is 26.7 Å². The van der Waals surface area contributed by atoms with Gasteiger partial charge in [0.25, 0.3) is 11.8 Å². The highest BCUT2D eigenvalue weighted by Gasteiger charge is 2.22. The topological polar surface area (TPSA) is 58.6 Å². The molecule has 2 amide bonds. The number of anilines is 1. The molecule has 0 aromatic heterocycles. The maximum absolute atomic E-state index is 12.6. The number of likely N-dealkylation sites (tertiary alicyclic amines) is 1. The van der Waals surface area contributed by atoms with Crippen LogP contribution in [0.4, 0.5) is 5.69 Å². The van der Waals surface area contributed by atoms with E-state index in [1.165, 1.54) is 0 Å². The van der Waals surface area contributed by atoms with Gasteiger partial charge < -0.3 is 15.0 Å². The minimum absolute atomic E-state index is 0.0337. The zero-order valence-electron chi connectivity index (χ0n) is 15.2. The Kier molecular flexibility index (Phi) is 5.56. The lowest BCUT2D eigenvalue weighted by molar-refractivity contribution is -0.118. The molecule has 1 aliphatic heterocycles. The van der Waals surface area contributed by atoms with Gasteiger partial charge in [-0.3, -0.25) is 9.59 Å². The standard InChI is InChI=1S/C21H24N2O3/c1-15-11-16(2)13-17(12-15)26-14-20(24)22-19-8-4-3-7-18(19)21(25)23-9-5-6-10-23/h3-4,7-8,11-13H,5-6,9-10,14H2,1-2H3,(H,22,24). The second kappa shape index (κ2) is 8.04. The first-order chi connectivity index (χ1) is 12.5. The molecule has 5 heteroatoms. The molecule has 0 saturated carbocycles. The number of nitrogens with one attached hydrogen (secondary N) is 1. The average Bonchev–Trinajstić information content (AvgIpc) is 3.14. The van der Waals surface area contributed by atoms with Crippen LogP contribution in [0.5, 0.6) is 5.75 Å². The van der Waals surface area contributed by atoms with E-state index in [0.717, 1.165) is 37.1 Å². The smallest absolute Gasteiger partial charge is 0.262 e. The molecule has 2 aromatic rings. The molecule has 0 spiro atoms. The van der Waals surface area contributed by atoms with Gasteiger partial charge in [0.05, 0.1) is 11.3 Å². The highest BCUT2D eigenvalue weighted by Crippen LogP contribution is 2.20. The molecule has 0 bridgehead atoms. The minimum atomic E-state index is -0.286. The number of ether oxygens (including phenoxy) is 1. The zero-order chi connectivity index (χ0) is 18.5. The predicted molar refractivity (Wildman–Crippen MR) is 102 cm³/mol. The molecule has 0 radical (unpaired) electrons. The average molecular weight is 352 g/mol. The van der Waals surface area contributed by atoms with Crippen molar-refractivity contribution in [2.75, 3.05) is 25.0 Å². The second-order valence-corrected chi connectivity index (χ2v) is 6.71. The molecule has 0 unspecified atom stereocenters. The predicted octanol–water partition coefficient (Wildman–Crippen LogP) is 3.56. The van der Waals surface area contributed by atoms with E-state index in [1.54, 1.807) is 18.2 Å². The molecule has 1 N–H and O–H groups in total. The van der Waals surface area contributed by atoms with Crippen LogP contribution < -0.4 is 10.1 Å². The molecule has 2 aromatic carbocycles. The van der Waals surface area contributed by atoms with Gasteiger partial charge in [0.2, 0.25) is 0 Å². The first kappa shape index (κ1) is 18.0. The normalized spacial score (nSPS) is 13.5. The third-order valence-corrected chi connectivity index (χ3v) is 4.39. The number of hydrogen-bond donors (Lipinski definition) is 1. The fourth-order valence-electron chi connectivity index (χ4n) is 3.22. The summed E-state index contributed by atoms with van der Waals surface area (Å²) in [4.78, 5) is 26.8. The third kappa shape index (κ3) is 4.42. The number of para-hydroxylation sites is 1. The van der Waals surface area contributed by atoms with Crippen LogP contribution >= 0.6 is 0 Å². The van der Waals surface area contributed by atoms with Crippen molar-refractivity contribution in [2.24, 2.45) is 0 Å². The van der Waals surface area contributed by atoms with Gasteiger partial charge in [-0.25, -0.2) is 0 Å². The van der Waals surface area contributed by atoms with Crippen molar-refractivity contribution in [3.63, 3.8) is 0 Å². The number of benzene rings is 2. The Morgan fingerprint density at radius 2 is 1.69 bits per heavy atom. The summed E-state index contributed by atoms with van der Waals surface area (Å²) < 4.78 is 5.59. The largest absolute Gasteiger partial charge is 0.484 e. The Morgan fingerprint density at radius 3 is 2.38 bits per heavy atom. The van der Waals surface area contributed by atoms with Crippen molar-refractivity contribution in [3.05, 3.63) is 59.2 Å². The van der Waals surface area contributed by atoms with Crippen LogP contribution in [-0.2, 0) is 4.79 Å². The van der Waals surface area contributed by atoms with Crippen LogP contribution in [0.3, 0.4) is 0 Å². The van der Waals surface area contributed by atoms with E-state index in [0.29, 0.717) is 17.0 Å². The van der Waals surface area contributed by atoms with Gasteiger partial charge in [-0.15, -0.1) is 0 Å². The van der Waals surface area contributed by atoms with Gasteiger partial charge in [-0.1, -0.05) is 18.2 Å². The molecule has 0 aliphatic carbocycles. The lowest BCUT2D eigenvalue weighted by Crippen LogP contribution is -2.29. The molecule has 3 rings (SSSR count). The Morgan fingerprint density at radius 1 is 1.04 bits per heavy atom. The SMILES string of the molecule is Cc1cc(C)cc(OCC(=O)Nc2ccccc2C(=O)N2CCCC2)c1. The van der Waals surface area contributed by atoms with E-state index < -0.39 is 0 Å². The number of carbonyl (C=O) groups excluding carboxylic acids is 2. The molecule has 1 aliphatic rings. The van der Waals surface area contributed by atoms with E-state index in [9.17, 15) is 9.59 Å². The van der Waals surface area contributed by atoms with E-state index in [4.69, 9.17) is 4.74 Å². The molecule has 1 heterocycles. The monoisotopic (exact) mass is 352 g/mol. The lowest BCUT2D eigenvalue weighted by atomic mass is 10.1. The molecule has 1 saturated heterocycles. The van der Waals surface area contributed by atoms with Crippen molar-refractivity contribution in [1.29, 1.82) is 0 Å². The first-order valence-electron chi connectivity index (χ1n) is 8.92. The second-order valence-electron chi connectivity index (χ2n) is 6.71. The summed E-state index contributed by atoms with van der Waals surface area (Å²) >= 11 is 0. The maximum Gasteiger partial charge on any atom is 0.262 e. The highest BCUT2D eigenvalue weighted by atomic mass is 16.5. The van der Waals surface area contributed by atoms with Crippen molar-refractivity contribution in [3.8, 4) is 5.75 Å². The molecule has 1 fully saturated rings. The van der Waals surface area contributed by atoms with Gasteiger partial charge in [-0.2, -0.15) is 0 Å². The Hall–Kier alpha value is -2.82. The van der Waals surface area contributed by atoms with Gasteiger partial charge in [-0.05, 0) is 62.1 Å². The fourth-order valence-corrected chi connectivity index (χ4v) is 3.22. The summed E-state index contributed by atoms with van der Waals surface area (Å²) in [5, 5.41) is 2.80. The molecule has 5 nitrogen and oxygen atoms in total.